The minimum absolute atomic E-state index is 0.542. The van der Waals surface area contributed by atoms with E-state index in [1.807, 2.05) is 48.5 Å². The molecule has 0 saturated carbocycles. The smallest absolute Gasteiger partial charge is 0.238 e. The zero-order valence-electron chi connectivity index (χ0n) is 34.0. The van der Waals surface area contributed by atoms with Gasteiger partial charge in [0.15, 0.2) is 11.6 Å². The van der Waals surface area contributed by atoms with Crippen molar-refractivity contribution < 1.29 is 4.42 Å². The molecule has 0 fully saturated rings. The second-order valence-corrected chi connectivity index (χ2v) is 16.3. The Morgan fingerprint density at radius 1 is 0.365 bits per heavy atom. The van der Waals surface area contributed by atoms with E-state index in [0.29, 0.717) is 17.6 Å². The number of para-hydroxylation sites is 2. The van der Waals surface area contributed by atoms with Crippen molar-refractivity contribution in [2.24, 2.45) is 0 Å². The third-order valence-electron chi connectivity index (χ3n) is 13.0. The van der Waals surface area contributed by atoms with Gasteiger partial charge in [0.1, 0.15) is 11.2 Å². The maximum Gasteiger partial charge on any atom is 0.238 e. The van der Waals surface area contributed by atoms with Crippen LogP contribution in [0.1, 0.15) is 22.3 Å². The first-order valence-corrected chi connectivity index (χ1v) is 21.4. The second kappa shape index (κ2) is 13.8. The molecule has 9 aromatic carbocycles. The first-order chi connectivity index (χ1) is 31.2. The Bertz CT molecular complexity index is 3640. The van der Waals surface area contributed by atoms with E-state index in [-0.39, 0.29) is 0 Å². The molecule has 0 radical (unpaired) electrons. The molecule has 5 heteroatoms. The van der Waals surface area contributed by atoms with Gasteiger partial charge in [0.05, 0.1) is 16.4 Å². The normalized spacial score (nSPS) is 12.9. The van der Waals surface area contributed by atoms with Crippen LogP contribution < -0.4 is 0 Å². The van der Waals surface area contributed by atoms with E-state index in [2.05, 4.69) is 174 Å². The molecular formula is C58H36N4O. The highest BCUT2D eigenvalue weighted by Crippen LogP contribution is 2.56. The number of rotatable bonds is 6. The van der Waals surface area contributed by atoms with Crippen LogP contribution >= 0.6 is 0 Å². The topological polar surface area (TPSA) is 56.7 Å². The Balaban J connectivity index is 1.14. The molecule has 0 atom stereocenters. The van der Waals surface area contributed by atoms with Gasteiger partial charge in [-0.1, -0.05) is 200 Å². The van der Waals surface area contributed by atoms with Crippen LogP contribution in [0.15, 0.2) is 223 Å². The fourth-order valence-electron chi connectivity index (χ4n) is 10.2. The number of hydrogen-bond acceptors (Lipinski definition) is 4. The number of furan rings is 1. The number of benzene rings is 9. The molecule has 294 valence electrons. The largest absolute Gasteiger partial charge is 0.455 e. The molecule has 0 aliphatic heterocycles. The van der Waals surface area contributed by atoms with Gasteiger partial charge in [0.2, 0.25) is 5.95 Å². The average Bonchev–Trinajstić information content (AvgIpc) is 4.01. The molecular weight excluding hydrogens is 769 g/mol. The lowest BCUT2D eigenvalue weighted by molar-refractivity contribution is 0.670. The first kappa shape index (κ1) is 35.4. The lowest BCUT2D eigenvalue weighted by atomic mass is 9.67. The average molecular weight is 805 g/mol. The van der Waals surface area contributed by atoms with E-state index in [1.54, 1.807) is 0 Å². The molecule has 3 aromatic heterocycles. The first-order valence-electron chi connectivity index (χ1n) is 21.4. The van der Waals surface area contributed by atoms with Crippen LogP contribution in [0.5, 0.6) is 0 Å². The summed E-state index contributed by atoms with van der Waals surface area (Å²) in [6.45, 7) is 0. The fraction of sp³-hybridized carbons (Fsp3) is 0.0172. The Hall–Kier alpha value is -8.41. The molecule has 12 aromatic rings. The lowest BCUT2D eigenvalue weighted by Crippen LogP contribution is -2.28. The second-order valence-electron chi connectivity index (χ2n) is 16.3. The Kier molecular flexibility index (Phi) is 7.75. The third-order valence-corrected chi connectivity index (χ3v) is 13.0. The summed E-state index contributed by atoms with van der Waals surface area (Å²) >= 11 is 0. The van der Waals surface area contributed by atoms with E-state index >= 15 is 0 Å². The van der Waals surface area contributed by atoms with E-state index < -0.39 is 5.41 Å². The molecule has 1 aliphatic carbocycles. The highest BCUT2D eigenvalue weighted by atomic mass is 16.3. The van der Waals surface area contributed by atoms with Crippen LogP contribution in [0, 0.1) is 0 Å². The predicted molar refractivity (Wildman–Crippen MR) is 255 cm³/mol. The summed E-state index contributed by atoms with van der Waals surface area (Å²) < 4.78 is 8.85. The van der Waals surface area contributed by atoms with Crippen LogP contribution in [0.25, 0.3) is 94.7 Å². The zero-order chi connectivity index (χ0) is 41.5. The number of aromatic nitrogens is 4. The van der Waals surface area contributed by atoms with Crippen LogP contribution in [0.3, 0.4) is 0 Å². The molecule has 0 saturated heterocycles. The van der Waals surface area contributed by atoms with E-state index in [1.165, 1.54) is 27.8 Å². The quantitative estimate of drug-likeness (QED) is 0.168. The van der Waals surface area contributed by atoms with Gasteiger partial charge >= 0.3 is 0 Å². The van der Waals surface area contributed by atoms with Crippen LogP contribution in [-0.4, -0.2) is 19.5 Å². The summed E-state index contributed by atoms with van der Waals surface area (Å²) in [6, 6.07) is 77.5. The molecule has 3 heterocycles. The molecule has 13 rings (SSSR count). The maximum absolute atomic E-state index is 6.60. The molecule has 0 unspecified atom stereocenters. The molecule has 0 N–H and O–H groups in total. The minimum Gasteiger partial charge on any atom is -0.455 e. The number of hydrogen-bond donors (Lipinski definition) is 0. The molecule has 1 aliphatic rings. The Labute approximate surface area is 363 Å². The summed E-state index contributed by atoms with van der Waals surface area (Å²) in [7, 11) is 0. The van der Waals surface area contributed by atoms with Gasteiger partial charge in [0, 0.05) is 38.2 Å². The minimum atomic E-state index is -0.588. The Morgan fingerprint density at radius 2 is 0.905 bits per heavy atom. The van der Waals surface area contributed by atoms with Crippen molar-refractivity contribution in [3.05, 3.63) is 241 Å². The van der Waals surface area contributed by atoms with E-state index in [4.69, 9.17) is 19.4 Å². The summed E-state index contributed by atoms with van der Waals surface area (Å²) in [6.07, 6.45) is 0. The molecule has 0 amide bonds. The summed E-state index contributed by atoms with van der Waals surface area (Å²) in [5.74, 6) is 1.75. The maximum atomic E-state index is 6.60. The van der Waals surface area contributed by atoms with Crippen molar-refractivity contribution >= 4 is 43.7 Å². The van der Waals surface area contributed by atoms with Crippen molar-refractivity contribution in [1.82, 2.24) is 19.5 Å². The lowest BCUT2D eigenvalue weighted by Gasteiger charge is -2.34. The van der Waals surface area contributed by atoms with Gasteiger partial charge in [-0.15, -0.1) is 0 Å². The van der Waals surface area contributed by atoms with Crippen LogP contribution in [0.2, 0.25) is 0 Å². The van der Waals surface area contributed by atoms with Gasteiger partial charge in [-0.2, -0.15) is 9.97 Å². The standard InChI is InChI=1S/C58H36N4O/c1-4-17-37(18-5-1)55-59-56(38-19-6-2-7-20-38)61-57(60-55)62-51-35-39(42-26-16-27-48-47-25-12-15-30-53(47)63-54(42)48)31-33-45(51)46-34-32-41(36-52(46)62)58(40-21-8-3-9-22-40)49-28-13-10-23-43(49)44-24-11-14-29-50(44)58/h1-36H. The molecule has 63 heavy (non-hydrogen) atoms. The van der Waals surface area contributed by atoms with Crippen LogP contribution in [0.4, 0.5) is 0 Å². The molecule has 0 spiro atoms. The summed E-state index contributed by atoms with van der Waals surface area (Å²) in [5.41, 5.74) is 14.4. The van der Waals surface area contributed by atoms with E-state index in [9.17, 15) is 0 Å². The van der Waals surface area contributed by atoms with Crippen molar-refractivity contribution in [3.63, 3.8) is 0 Å². The number of nitrogens with zero attached hydrogens (tertiary/aromatic N) is 4. The van der Waals surface area contributed by atoms with Gasteiger partial charge < -0.3 is 4.42 Å². The molecule has 0 bridgehead atoms. The van der Waals surface area contributed by atoms with Gasteiger partial charge in [-0.05, 0) is 57.1 Å². The van der Waals surface area contributed by atoms with Gasteiger partial charge in [0.25, 0.3) is 0 Å². The zero-order valence-corrected chi connectivity index (χ0v) is 34.0. The highest BCUT2D eigenvalue weighted by Gasteiger charge is 2.46. The third kappa shape index (κ3) is 5.27. The number of fused-ring (bicyclic) bond motifs is 9. The Morgan fingerprint density at radius 3 is 1.59 bits per heavy atom. The highest BCUT2D eigenvalue weighted by molar-refractivity contribution is 6.13. The summed E-state index contributed by atoms with van der Waals surface area (Å²) in [5, 5.41) is 4.40. The molecule has 5 nitrogen and oxygen atoms in total. The SMILES string of the molecule is c1ccc(-c2nc(-c3ccccc3)nc(-n3c4cc(-c5cccc6c5oc5ccccc56)ccc4c4ccc(C5(c6ccccc6)c6ccccc6-c6ccccc65)cc43)n2)cc1. The monoisotopic (exact) mass is 804 g/mol. The van der Waals surface area contributed by atoms with Crippen molar-refractivity contribution in [2.75, 3.05) is 0 Å². The van der Waals surface area contributed by atoms with E-state index in [0.717, 1.165) is 71.6 Å². The van der Waals surface area contributed by atoms with Gasteiger partial charge in [-0.3, -0.25) is 4.57 Å². The fourth-order valence-corrected chi connectivity index (χ4v) is 10.2. The predicted octanol–water partition coefficient (Wildman–Crippen LogP) is 14.2. The van der Waals surface area contributed by atoms with Crippen molar-refractivity contribution in [3.8, 4) is 51.0 Å². The van der Waals surface area contributed by atoms with Crippen molar-refractivity contribution in [1.29, 1.82) is 0 Å². The summed E-state index contributed by atoms with van der Waals surface area (Å²) in [4.78, 5) is 15.8. The van der Waals surface area contributed by atoms with Gasteiger partial charge in [-0.25, -0.2) is 4.98 Å². The van der Waals surface area contributed by atoms with Crippen LogP contribution in [-0.2, 0) is 5.41 Å². The van der Waals surface area contributed by atoms with Crippen molar-refractivity contribution in [2.45, 2.75) is 5.41 Å².